The number of hydrogen-bond donors (Lipinski definition) is 0. The summed E-state index contributed by atoms with van der Waals surface area (Å²) in [5, 5.41) is 0. The molecule has 2 nitrogen and oxygen atoms in total. The van der Waals surface area contributed by atoms with E-state index in [0.29, 0.717) is 0 Å². The summed E-state index contributed by atoms with van der Waals surface area (Å²) in [5.41, 5.74) is 0. The Kier molecular flexibility index (Phi) is 1.76. The summed E-state index contributed by atoms with van der Waals surface area (Å²) in [6, 6.07) is 0. The van der Waals surface area contributed by atoms with Gasteiger partial charge in [-0.05, 0) is 0 Å². The van der Waals surface area contributed by atoms with Gasteiger partial charge in [0, 0.05) is 0 Å². The van der Waals surface area contributed by atoms with Crippen molar-refractivity contribution in [2.24, 2.45) is 0 Å². The third kappa shape index (κ3) is 1.09. The van der Waals surface area contributed by atoms with Gasteiger partial charge in [-0.15, -0.1) is 0 Å². The molecule has 1 aliphatic heterocycles. The Morgan fingerprint density at radius 3 is 1.56 bits per heavy atom. The standard InChI is InChI=1S/C4H11B2N2Si/c1-9(2)7(5)3-4-8(9)6/h9H,3-4H2,1-2H3/q-1. The van der Waals surface area contributed by atoms with Crippen LogP contribution in [0.2, 0.25) is 13.1 Å². The van der Waals surface area contributed by atoms with Crippen molar-refractivity contribution in [1.29, 1.82) is 0 Å². The van der Waals surface area contributed by atoms with Crippen molar-refractivity contribution in [2.75, 3.05) is 13.1 Å². The van der Waals surface area contributed by atoms with Crippen LogP contribution in [0.3, 0.4) is 0 Å². The maximum atomic E-state index is 5.69. The number of rotatable bonds is 0. The van der Waals surface area contributed by atoms with Crippen molar-refractivity contribution in [3.63, 3.8) is 0 Å². The monoisotopic (exact) mass is 137 g/mol. The number of hydrogen-bond acceptors (Lipinski definition) is 2. The predicted octanol–water partition coefficient (Wildman–Crippen LogP) is -0.795. The molecule has 9 heavy (non-hydrogen) atoms. The fourth-order valence-corrected chi connectivity index (χ4v) is 2.93. The van der Waals surface area contributed by atoms with Crippen molar-refractivity contribution in [3.8, 4) is 0 Å². The molecule has 0 aromatic carbocycles. The van der Waals surface area contributed by atoms with Gasteiger partial charge in [-0.1, -0.05) is 0 Å². The van der Waals surface area contributed by atoms with E-state index in [0.717, 1.165) is 13.1 Å². The van der Waals surface area contributed by atoms with E-state index in [1.807, 2.05) is 8.95 Å². The first-order valence-electron chi connectivity index (χ1n) is 3.32. The third-order valence-corrected chi connectivity index (χ3v) is 6.00. The second-order valence-corrected chi connectivity index (χ2v) is 7.98. The van der Waals surface area contributed by atoms with Gasteiger partial charge in [-0.2, -0.15) is 0 Å². The summed E-state index contributed by atoms with van der Waals surface area (Å²) in [4.78, 5) is 0. The van der Waals surface area contributed by atoms with Crippen molar-refractivity contribution in [2.45, 2.75) is 13.1 Å². The third-order valence-electron chi connectivity index (χ3n) is 2.24. The zero-order valence-corrected chi connectivity index (χ0v) is 7.20. The Hall–Kier alpha value is 0.267. The first-order valence-corrected chi connectivity index (χ1v) is 6.66. The second kappa shape index (κ2) is 2.14. The molecule has 1 rings (SSSR count). The van der Waals surface area contributed by atoms with Crippen molar-refractivity contribution in [3.05, 3.63) is 0 Å². The van der Waals surface area contributed by atoms with Crippen molar-refractivity contribution in [1.82, 2.24) is 8.95 Å². The quantitative estimate of drug-likeness (QED) is 0.403. The molecule has 0 saturated carbocycles. The summed E-state index contributed by atoms with van der Waals surface area (Å²) in [6.07, 6.45) is 0. The van der Waals surface area contributed by atoms with Crippen LogP contribution in [-0.2, 0) is 0 Å². The minimum absolute atomic E-state index is 0.925. The molecule has 0 aromatic rings. The van der Waals surface area contributed by atoms with Crippen molar-refractivity contribution >= 4 is 24.4 Å². The summed E-state index contributed by atoms with van der Waals surface area (Å²) < 4.78 is 3.82. The molecule has 0 amide bonds. The molecule has 1 aliphatic rings. The van der Waals surface area contributed by atoms with Crippen LogP contribution < -0.4 is 0 Å². The van der Waals surface area contributed by atoms with Crippen LogP contribution in [0.1, 0.15) is 0 Å². The molecule has 1 fully saturated rings. The van der Waals surface area contributed by atoms with Crippen LogP contribution in [0.15, 0.2) is 0 Å². The van der Waals surface area contributed by atoms with Gasteiger partial charge in [0.2, 0.25) is 0 Å². The molecule has 48 valence electrons. The first-order chi connectivity index (χ1) is 4.05. The van der Waals surface area contributed by atoms with Gasteiger partial charge in [-0.25, -0.2) is 0 Å². The van der Waals surface area contributed by atoms with Gasteiger partial charge in [0.15, 0.2) is 0 Å². The van der Waals surface area contributed by atoms with Crippen LogP contribution in [0.25, 0.3) is 0 Å². The molecular weight excluding hydrogens is 126 g/mol. The SMILES string of the molecule is [B]N1CCN([B])[SiH-]1(C)C. The molecule has 0 aliphatic carbocycles. The van der Waals surface area contributed by atoms with E-state index in [-0.39, 0.29) is 0 Å². The molecule has 0 aromatic heterocycles. The minimum atomic E-state index is -1.80. The average molecular weight is 137 g/mol. The predicted molar refractivity (Wildman–Crippen MR) is 43.8 cm³/mol. The fraction of sp³-hybridized carbons (Fsp3) is 1.00. The molecule has 0 spiro atoms. The Labute approximate surface area is 60.2 Å². The summed E-state index contributed by atoms with van der Waals surface area (Å²) >= 11 is 0. The Morgan fingerprint density at radius 2 is 1.44 bits per heavy atom. The Morgan fingerprint density at radius 1 is 1.11 bits per heavy atom. The summed E-state index contributed by atoms with van der Waals surface area (Å²) in [5.74, 6) is 0. The van der Waals surface area contributed by atoms with Gasteiger partial charge in [-0.3, -0.25) is 0 Å². The molecular formula is C4H11B2N2Si-. The first kappa shape index (κ1) is 7.37. The van der Waals surface area contributed by atoms with Gasteiger partial charge in [0.05, 0.1) is 0 Å². The Bertz CT molecular complexity index is 107. The number of nitrogens with zero attached hydrogens (tertiary/aromatic N) is 2. The molecule has 0 N–H and O–H groups in total. The van der Waals surface area contributed by atoms with Gasteiger partial charge < -0.3 is 0 Å². The molecule has 0 atom stereocenters. The molecule has 0 bridgehead atoms. The van der Waals surface area contributed by atoms with Crippen LogP contribution >= 0.6 is 0 Å². The molecule has 5 heteroatoms. The molecule has 1 saturated heterocycles. The van der Waals surface area contributed by atoms with Crippen molar-refractivity contribution < 1.29 is 0 Å². The van der Waals surface area contributed by atoms with E-state index in [2.05, 4.69) is 13.1 Å². The van der Waals surface area contributed by atoms with E-state index >= 15 is 0 Å². The molecule has 1 heterocycles. The molecule has 0 unspecified atom stereocenters. The van der Waals surface area contributed by atoms with E-state index in [1.165, 1.54) is 0 Å². The molecule has 4 radical (unpaired) electrons. The summed E-state index contributed by atoms with van der Waals surface area (Å²) in [6.45, 7) is 6.18. The normalized spacial score (nSPS) is 32.7. The topological polar surface area (TPSA) is 6.48 Å². The van der Waals surface area contributed by atoms with E-state index in [9.17, 15) is 0 Å². The second-order valence-electron chi connectivity index (χ2n) is 3.20. The summed E-state index contributed by atoms with van der Waals surface area (Å²) in [7, 11) is 9.58. The maximum absolute atomic E-state index is 5.69. The van der Waals surface area contributed by atoms with Crippen LogP contribution in [-0.4, -0.2) is 46.4 Å². The van der Waals surface area contributed by atoms with Gasteiger partial charge in [0.25, 0.3) is 0 Å². The van der Waals surface area contributed by atoms with Gasteiger partial charge in [0.1, 0.15) is 0 Å². The van der Waals surface area contributed by atoms with E-state index in [4.69, 9.17) is 16.0 Å². The zero-order chi connectivity index (χ0) is 7.07. The van der Waals surface area contributed by atoms with Crippen LogP contribution in [0, 0.1) is 0 Å². The van der Waals surface area contributed by atoms with Gasteiger partial charge >= 0.3 is 59.5 Å². The fourth-order valence-electron chi connectivity index (χ4n) is 1.05. The Balaban J connectivity index is 2.66. The van der Waals surface area contributed by atoms with E-state index in [1.54, 1.807) is 0 Å². The zero-order valence-electron chi connectivity index (χ0n) is 6.04. The average Bonchev–Trinajstić information content (AvgIpc) is 1.96. The van der Waals surface area contributed by atoms with Crippen LogP contribution in [0.4, 0.5) is 0 Å². The van der Waals surface area contributed by atoms with Crippen LogP contribution in [0.5, 0.6) is 0 Å². The van der Waals surface area contributed by atoms with E-state index < -0.39 is 8.40 Å².